The minimum atomic E-state index is -0.393. The number of aromatic nitrogens is 3. The lowest BCUT2D eigenvalue weighted by atomic mass is 10.3. The molecule has 0 unspecified atom stereocenters. The Kier molecular flexibility index (Phi) is 4.33. The topological polar surface area (TPSA) is 92.9 Å². The highest BCUT2D eigenvalue weighted by Gasteiger charge is 2.12. The van der Waals surface area contributed by atoms with Crippen molar-refractivity contribution in [2.75, 3.05) is 10.6 Å². The minimum Gasteiger partial charge on any atom is -0.360 e. The van der Waals surface area contributed by atoms with Gasteiger partial charge in [-0.2, -0.15) is 0 Å². The van der Waals surface area contributed by atoms with Crippen molar-refractivity contribution >= 4 is 39.3 Å². The molecule has 0 aliphatic rings. The van der Waals surface area contributed by atoms with Gasteiger partial charge >= 0.3 is 0 Å². The zero-order chi connectivity index (χ0) is 16.2. The molecular formula is C15H12BrN5O2. The zero-order valence-corrected chi connectivity index (χ0v) is 13.7. The number of carbonyl (C=O) groups excluding carboxylic acids is 1. The third-order valence-electron chi connectivity index (χ3n) is 2.88. The first-order valence-corrected chi connectivity index (χ1v) is 7.50. The summed E-state index contributed by atoms with van der Waals surface area (Å²) in [7, 11) is 0. The first-order chi connectivity index (χ1) is 11.1. The molecule has 0 saturated heterocycles. The summed E-state index contributed by atoms with van der Waals surface area (Å²) in [5, 5.41) is 9.37. The second-order valence-corrected chi connectivity index (χ2v) is 5.50. The van der Waals surface area contributed by atoms with Crippen molar-refractivity contribution in [1.29, 1.82) is 0 Å². The molecule has 3 rings (SSSR count). The van der Waals surface area contributed by atoms with Crippen LogP contribution < -0.4 is 10.6 Å². The van der Waals surface area contributed by atoms with Crippen LogP contribution in [-0.2, 0) is 0 Å². The van der Waals surface area contributed by atoms with Gasteiger partial charge in [0.1, 0.15) is 11.5 Å². The largest absolute Gasteiger partial charge is 0.360 e. The monoisotopic (exact) mass is 373 g/mol. The van der Waals surface area contributed by atoms with Crippen LogP contribution in [0.15, 0.2) is 51.6 Å². The molecule has 1 aromatic carbocycles. The quantitative estimate of drug-likeness (QED) is 0.726. The second kappa shape index (κ2) is 6.57. The van der Waals surface area contributed by atoms with E-state index in [1.807, 2.05) is 24.3 Å². The first kappa shape index (κ1) is 15.2. The number of benzene rings is 1. The van der Waals surface area contributed by atoms with Gasteiger partial charge in [0.2, 0.25) is 5.95 Å². The minimum absolute atomic E-state index is 0.218. The van der Waals surface area contributed by atoms with Crippen LogP contribution in [0.25, 0.3) is 0 Å². The number of carbonyl (C=O) groups is 1. The third kappa shape index (κ3) is 3.72. The van der Waals surface area contributed by atoms with Crippen molar-refractivity contribution in [3.8, 4) is 0 Å². The van der Waals surface area contributed by atoms with Crippen LogP contribution >= 0.6 is 15.9 Å². The summed E-state index contributed by atoms with van der Waals surface area (Å²) < 4.78 is 5.77. The molecule has 116 valence electrons. The summed E-state index contributed by atoms with van der Waals surface area (Å²) in [5.41, 5.74) is 1.02. The summed E-state index contributed by atoms with van der Waals surface area (Å²) in [4.78, 5) is 20.5. The Bertz CT molecular complexity index is 849. The van der Waals surface area contributed by atoms with Gasteiger partial charge in [0.05, 0.1) is 5.69 Å². The molecule has 8 heteroatoms. The lowest BCUT2D eigenvalue weighted by molar-refractivity contribution is 0.102. The molecule has 2 N–H and O–H groups in total. The molecule has 0 spiro atoms. The lowest BCUT2D eigenvalue weighted by Gasteiger charge is -2.07. The average molecular weight is 374 g/mol. The predicted octanol–water partition coefficient (Wildman–Crippen LogP) is 3.53. The number of aryl methyl sites for hydroxylation is 1. The SMILES string of the molecule is Cc1cc(NC(=O)c2ccnc(Nc3ccccc3Br)n2)no1. The molecule has 1 amide bonds. The van der Waals surface area contributed by atoms with E-state index < -0.39 is 5.91 Å². The fourth-order valence-corrected chi connectivity index (χ4v) is 2.22. The van der Waals surface area contributed by atoms with Crippen molar-refractivity contribution in [3.05, 3.63) is 58.5 Å². The van der Waals surface area contributed by atoms with E-state index in [-0.39, 0.29) is 5.69 Å². The van der Waals surface area contributed by atoms with E-state index in [0.717, 1.165) is 10.2 Å². The van der Waals surface area contributed by atoms with E-state index in [1.54, 1.807) is 13.0 Å². The Morgan fingerprint density at radius 1 is 1.26 bits per heavy atom. The molecule has 0 fully saturated rings. The Morgan fingerprint density at radius 2 is 2.09 bits per heavy atom. The number of halogens is 1. The summed E-state index contributed by atoms with van der Waals surface area (Å²) >= 11 is 3.43. The smallest absolute Gasteiger partial charge is 0.275 e. The Hall–Kier alpha value is -2.74. The molecule has 7 nitrogen and oxygen atoms in total. The highest BCUT2D eigenvalue weighted by atomic mass is 79.9. The maximum atomic E-state index is 12.2. The molecule has 0 aliphatic carbocycles. The maximum Gasteiger partial charge on any atom is 0.275 e. The highest BCUT2D eigenvalue weighted by molar-refractivity contribution is 9.10. The van der Waals surface area contributed by atoms with Gasteiger partial charge in [-0.05, 0) is 41.1 Å². The van der Waals surface area contributed by atoms with Gasteiger partial charge in [-0.15, -0.1) is 0 Å². The summed E-state index contributed by atoms with van der Waals surface area (Å²) in [6.45, 7) is 1.74. The van der Waals surface area contributed by atoms with E-state index in [0.29, 0.717) is 17.5 Å². The first-order valence-electron chi connectivity index (χ1n) is 6.71. The van der Waals surface area contributed by atoms with Crippen molar-refractivity contribution < 1.29 is 9.32 Å². The molecule has 0 radical (unpaired) electrons. The second-order valence-electron chi connectivity index (χ2n) is 4.65. The van der Waals surface area contributed by atoms with Crippen molar-refractivity contribution in [3.63, 3.8) is 0 Å². The van der Waals surface area contributed by atoms with Crippen LogP contribution in [0.3, 0.4) is 0 Å². The fraction of sp³-hybridized carbons (Fsp3) is 0.0667. The maximum absolute atomic E-state index is 12.2. The average Bonchev–Trinajstić information content (AvgIpc) is 2.95. The molecule has 0 aliphatic heterocycles. The van der Waals surface area contributed by atoms with Gasteiger partial charge in [-0.1, -0.05) is 17.3 Å². The number of rotatable bonds is 4. The van der Waals surface area contributed by atoms with Crippen LogP contribution in [0, 0.1) is 6.92 Å². The molecule has 2 aromatic heterocycles. The normalized spacial score (nSPS) is 10.3. The summed E-state index contributed by atoms with van der Waals surface area (Å²) in [6, 6.07) is 10.7. The summed E-state index contributed by atoms with van der Waals surface area (Å²) in [6.07, 6.45) is 1.51. The van der Waals surface area contributed by atoms with Crippen molar-refractivity contribution in [1.82, 2.24) is 15.1 Å². The van der Waals surface area contributed by atoms with Crippen LogP contribution in [0.2, 0.25) is 0 Å². The number of nitrogens with one attached hydrogen (secondary N) is 2. The van der Waals surface area contributed by atoms with Crippen LogP contribution in [-0.4, -0.2) is 21.0 Å². The molecule has 0 bridgehead atoms. The standard InChI is InChI=1S/C15H12BrN5O2/c1-9-8-13(21-23-9)20-14(22)12-6-7-17-15(19-12)18-11-5-3-2-4-10(11)16/h2-8H,1H3,(H,17,18,19)(H,20,21,22). The zero-order valence-electron chi connectivity index (χ0n) is 12.1. The van der Waals surface area contributed by atoms with E-state index in [4.69, 9.17) is 4.52 Å². The van der Waals surface area contributed by atoms with Gasteiger partial charge < -0.3 is 15.2 Å². The van der Waals surface area contributed by atoms with Gasteiger partial charge in [0, 0.05) is 16.7 Å². The number of hydrogen-bond acceptors (Lipinski definition) is 6. The Balaban J connectivity index is 1.77. The van der Waals surface area contributed by atoms with Crippen molar-refractivity contribution in [2.45, 2.75) is 6.92 Å². The molecule has 23 heavy (non-hydrogen) atoms. The van der Waals surface area contributed by atoms with E-state index >= 15 is 0 Å². The van der Waals surface area contributed by atoms with Gasteiger partial charge in [0.25, 0.3) is 5.91 Å². The highest BCUT2D eigenvalue weighted by Crippen LogP contribution is 2.23. The fourth-order valence-electron chi connectivity index (χ4n) is 1.83. The van der Waals surface area contributed by atoms with Crippen LogP contribution in [0.4, 0.5) is 17.5 Å². The van der Waals surface area contributed by atoms with E-state index in [1.165, 1.54) is 12.3 Å². The Morgan fingerprint density at radius 3 is 2.83 bits per heavy atom. The Labute approximate surface area is 140 Å². The molecular weight excluding hydrogens is 362 g/mol. The molecule has 3 aromatic rings. The third-order valence-corrected chi connectivity index (χ3v) is 3.57. The van der Waals surface area contributed by atoms with Gasteiger partial charge in [-0.25, -0.2) is 9.97 Å². The summed E-state index contributed by atoms with van der Waals surface area (Å²) in [5.74, 6) is 0.877. The van der Waals surface area contributed by atoms with Gasteiger partial charge in [0.15, 0.2) is 5.82 Å². The number of nitrogens with zero attached hydrogens (tertiary/aromatic N) is 3. The van der Waals surface area contributed by atoms with E-state index in [2.05, 4.69) is 41.7 Å². The van der Waals surface area contributed by atoms with E-state index in [9.17, 15) is 4.79 Å². The number of hydrogen-bond donors (Lipinski definition) is 2. The van der Waals surface area contributed by atoms with Crippen molar-refractivity contribution in [2.24, 2.45) is 0 Å². The number of anilines is 3. The lowest BCUT2D eigenvalue weighted by Crippen LogP contribution is -2.15. The van der Waals surface area contributed by atoms with Crippen LogP contribution in [0.5, 0.6) is 0 Å². The number of amides is 1. The predicted molar refractivity (Wildman–Crippen MR) is 88.6 cm³/mol. The molecule has 0 atom stereocenters. The van der Waals surface area contributed by atoms with Gasteiger partial charge in [-0.3, -0.25) is 4.79 Å². The molecule has 0 saturated carbocycles. The van der Waals surface area contributed by atoms with Crippen LogP contribution in [0.1, 0.15) is 16.2 Å². The molecule has 2 heterocycles. The number of para-hydroxylation sites is 1.